The first-order valence-corrected chi connectivity index (χ1v) is 5.91. The van der Waals surface area contributed by atoms with Crippen LogP contribution in [0.5, 0.6) is 0 Å². The van der Waals surface area contributed by atoms with Gasteiger partial charge in [0, 0.05) is 5.56 Å². The summed E-state index contributed by atoms with van der Waals surface area (Å²) in [4.78, 5) is 10.8. The molecule has 0 aliphatic heterocycles. The lowest BCUT2D eigenvalue weighted by Gasteiger charge is -2.11. The predicted octanol–water partition coefficient (Wildman–Crippen LogP) is 4.54. The van der Waals surface area contributed by atoms with Crippen LogP contribution in [0.3, 0.4) is 0 Å². The molecule has 2 aromatic rings. The molecule has 19 heavy (non-hydrogen) atoms. The molecule has 0 fully saturated rings. The van der Waals surface area contributed by atoms with Crippen molar-refractivity contribution >= 4 is 23.4 Å². The van der Waals surface area contributed by atoms with Crippen molar-refractivity contribution in [2.45, 2.75) is 6.92 Å². The molecule has 0 radical (unpaired) electrons. The summed E-state index contributed by atoms with van der Waals surface area (Å²) in [5, 5.41) is 11.2. The van der Waals surface area contributed by atoms with Gasteiger partial charge >= 0.3 is 6.09 Å². The van der Waals surface area contributed by atoms with Crippen LogP contribution in [-0.4, -0.2) is 11.2 Å². The third-order valence-corrected chi connectivity index (χ3v) is 2.94. The minimum atomic E-state index is -1.15. The van der Waals surface area contributed by atoms with Gasteiger partial charge in [-0.05, 0) is 36.2 Å². The summed E-state index contributed by atoms with van der Waals surface area (Å²) in [6, 6.07) is 9.60. The van der Waals surface area contributed by atoms with E-state index >= 15 is 0 Å². The van der Waals surface area contributed by atoms with E-state index in [1.54, 1.807) is 18.2 Å². The van der Waals surface area contributed by atoms with E-state index in [-0.39, 0.29) is 5.02 Å². The summed E-state index contributed by atoms with van der Waals surface area (Å²) >= 11 is 5.74. The molecule has 0 atom stereocenters. The fourth-order valence-corrected chi connectivity index (χ4v) is 1.97. The molecule has 0 aliphatic rings. The molecule has 0 aromatic heterocycles. The van der Waals surface area contributed by atoms with Crippen LogP contribution in [0.15, 0.2) is 36.4 Å². The highest BCUT2D eigenvalue weighted by atomic mass is 35.5. The number of hydrogen-bond acceptors (Lipinski definition) is 1. The van der Waals surface area contributed by atoms with Crippen LogP contribution >= 0.6 is 11.6 Å². The molecule has 0 bridgehead atoms. The maximum atomic E-state index is 13.1. The van der Waals surface area contributed by atoms with Gasteiger partial charge in [-0.2, -0.15) is 0 Å². The van der Waals surface area contributed by atoms with Gasteiger partial charge in [0.15, 0.2) is 0 Å². The van der Waals surface area contributed by atoms with E-state index in [1.807, 2.05) is 13.0 Å². The Kier molecular flexibility index (Phi) is 3.71. The van der Waals surface area contributed by atoms with E-state index in [4.69, 9.17) is 16.7 Å². The lowest BCUT2D eigenvalue weighted by atomic mass is 10.0. The first-order valence-electron chi connectivity index (χ1n) is 5.53. The van der Waals surface area contributed by atoms with E-state index < -0.39 is 11.9 Å². The van der Waals surface area contributed by atoms with E-state index in [1.165, 1.54) is 12.1 Å². The number of nitrogens with one attached hydrogen (secondary N) is 1. The van der Waals surface area contributed by atoms with Crippen molar-refractivity contribution in [2.75, 3.05) is 5.32 Å². The van der Waals surface area contributed by atoms with Gasteiger partial charge in [-0.3, -0.25) is 5.32 Å². The first-order chi connectivity index (χ1) is 8.97. The smallest absolute Gasteiger partial charge is 0.409 e. The molecule has 0 unspecified atom stereocenters. The van der Waals surface area contributed by atoms with Crippen LogP contribution in [0.2, 0.25) is 5.02 Å². The van der Waals surface area contributed by atoms with Gasteiger partial charge in [0.1, 0.15) is 5.82 Å². The summed E-state index contributed by atoms with van der Waals surface area (Å²) in [5.74, 6) is -0.509. The van der Waals surface area contributed by atoms with Crippen LogP contribution in [-0.2, 0) is 0 Å². The number of rotatable bonds is 2. The third-order valence-electron chi connectivity index (χ3n) is 2.65. The number of amides is 1. The summed E-state index contributed by atoms with van der Waals surface area (Å²) < 4.78 is 13.1. The van der Waals surface area contributed by atoms with E-state index in [9.17, 15) is 9.18 Å². The van der Waals surface area contributed by atoms with Gasteiger partial charge in [0.05, 0.1) is 10.7 Å². The molecular weight excluding hydrogens is 269 g/mol. The zero-order valence-electron chi connectivity index (χ0n) is 10.1. The highest BCUT2D eigenvalue weighted by Gasteiger charge is 2.10. The van der Waals surface area contributed by atoms with Crippen molar-refractivity contribution in [1.82, 2.24) is 0 Å². The molecule has 0 saturated heterocycles. The van der Waals surface area contributed by atoms with Crippen molar-refractivity contribution in [2.24, 2.45) is 0 Å². The summed E-state index contributed by atoms with van der Waals surface area (Å²) in [5.41, 5.74) is 2.65. The van der Waals surface area contributed by atoms with Gasteiger partial charge < -0.3 is 5.11 Å². The molecule has 0 heterocycles. The van der Waals surface area contributed by atoms with Gasteiger partial charge in [-0.1, -0.05) is 29.8 Å². The van der Waals surface area contributed by atoms with Crippen molar-refractivity contribution in [3.05, 3.63) is 52.8 Å². The maximum absolute atomic E-state index is 13.1. The van der Waals surface area contributed by atoms with Crippen LogP contribution < -0.4 is 5.32 Å². The minimum absolute atomic E-state index is 0.000602. The number of hydrogen-bond donors (Lipinski definition) is 2. The monoisotopic (exact) mass is 279 g/mol. The molecule has 0 saturated carbocycles. The number of carboxylic acid groups (broad SMARTS) is 1. The van der Waals surface area contributed by atoms with Gasteiger partial charge in [0.2, 0.25) is 0 Å². The zero-order chi connectivity index (χ0) is 14.0. The number of benzene rings is 2. The van der Waals surface area contributed by atoms with E-state index in [2.05, 4.69) is 5.32 Å². The molecule has 5 heteroatoms. The summed E-state index contributed by atoms with van der Waals surface area (Å²) in [6.45, 7) is 1.86. The number of halogens is 2. The summed E-state index contributed by atoms with van der Waals surface area (Å²) in [7, 11) is 0. The average molecular weight is 280 g/mol. The van der Waals surface area contributed by atoms with Crippen LogP contribution in [0.1, 0.15) is 5.56 Å². The number of anilines is 1. The second kappa shape index (κ2) is 5.28. The fraction of sp³-hybridized carbons (Fsp3) is 0.0714. The van der Waals surface area contributed by atoms with E-state index in [0.717, 1.165) is 5.56 Å². The highest BCUT2D eigenvalue weighted by molar-refractivity contribution is 6.31. The molecule has 2 N–H and O–H groups in total. The third kappa shape index (κ3) is 3.03. The lowest BCUT2D eigenvalue weighted by molar-refractivity contribution is 0.210. The highest BCUT2D eigenvalue weighted by Crippen LogP contribution is 2.31. The Balaban J connectivity index is 2.54. The van der Waals surface area contributed by atoms with Crippen molar-refractivity contribution in [3.63, 3.8) is 0 Å². The average Bonchev–Trinajstić information content (AvgIpc) is 2.32. The Morgan fingerprint density at radius 2 is 2.00 bits per heavy atom. The molecule has 1 amide bonds. The van der Waals surface area contributed by atoms with Crippen LogP contribution in [0.4, 0.5) is 14.9 Å². The lowest BCUT2D eigenvalue weighted by Crippen LogP contribution is -2.08. The van der Waals surface area contributed by atoms with Gasteiger partial charge in [-0.25, -0.2) is 9.18 Å². The van der Waals surface area contributed by atoms with Crippen molar-refractivity contribution < 1.29 is 14.3 Å². The quantitative estimate of drug-likeness (QED) is 0.847. The predicted molar refractivity (Wildman–Crippen MR) is 73.2 cm³/mol. The minimum Gasteiger partial charge on any atom is -0.465 e. The molecule has 0 aliphatic carbocycles. The normalized spacial score (nSPS) is 10.3. The fourth-order valence-electron chi connectivity index (χ4n) is 1.79. The SMILES string of the molecule is Cc1ccc(-c2ccc(F)c(Cl)c2)c(NC(=O)O)c1. The van der Waals surface area contributed by atoms with Crippen molar-refractivity contribution in [3.8, 4) is 11.1 Å². The summed E-state index contributed by atoms with van der Waals surface area (Å²) in [6.07, 6.45) is -1.15. The Morgan fingerprint density at radius 3 is 2.63 bits per heavy atom. The zero-order valence-corrected chi connectivity index (χ0v) is 10.8. The Morgan fingerprint density at radius 1 is 1.26 bits per heavy atom. The Bertz CT molecular complexity index is 643. The molecule has 98 valence electrons. The maximum Gasteiger partial charge on any atom is 0.409 e. The van der Waals surface area contributed by atoms with Crippen LogP contribution in [0.25, 0.3) is 11.1 Å². The van der Waals surface area contributed by atoms with Gasteiger partial charge in [0.25, 0.3) is 0 Å². The topological polar surface area (TPSA) is 49.3 Å². The number of aryl methyl sites for hydroxylation is 1. The Hall–Kier alpha value is -2.07. The largest absolute Gasteiger partial charge is 0.465 e. The molecule has 2 rings (SSSR count). The molecule has 3 nitrogen and oxygen atoms in total. The first kappa shape index (κ1) is 13.4. The molecule has 2 aromatic carbocycles. The number of carbonyl (C=O) groups is 1. The molecule has 0 spiro atoms. The van der Waals surface area contributed by atoms with E-state index in [0.29, 0.717) is 16.8 Å². The van der Waals surface area contributed by atoms with Crippen molar-refractivity contribution in [1.29, 1.82) is 0 Å². The molecular formula is C14H11ClFNO2. The standard InChI is InChI=1S/C14H11ClFNO2/c1-8-2-4-10(13(6-8)17-14(18)19)9-3-5-12(16)11(15)7-9/h2-7,17H,1H3,(H,18,19). The van der Waals surface area contributed by atoms with Gasteiger partial charge in [-0.15, -0.1) is 0 Å². The second-order valence-electron chi connectivity index (χ2n) is 4.11. The van der Waals surface area contributed by atoms with Crippen LogP contribution in [0, 0.1) is 12.7 Å². The second-order valence-corrected chi connectivity index (χ2v) is 4.52. The Labute approximate surface area is 114 Å².